The standard InChI is InChI=1S/C24H34N6O2/c1-28-14-10-22(11-15-28)29(2)16-17-30(3)24(32)26-18-19-4-6-21(7-5-19)27-23(31)20-8-12-25-13-9-20/h4-9,12-13,22H,10-11,14-18H2,1-3H3,(H,26,32)(H,27,31). The summed E-state index contributed by atoms with van der Waals surface area (Å²) in [5.41, 5.74) is 2.23. The van der Waals surface area contributed by atoms with Crippen molar-refractivity contribution >= 4 is 17.6 Å². The van der Waals surface area contributed by atoms with Gasteiger partial charge in [0.15, 0.2) is 0 Å². The molecule has 3 amide bonds. The molecule has 0 atom stereocenters. The van der Waals surface area contributed by atoms with Crippen molar-refractivity contribution in [1.29, 1.82) is 0 Å². The first-order valence-corrected chi connectivity index (χ1v) is 11.1. The molecule has 1 aromatic heterocycles. The zero-order chi connectivity index (χ0) is 22.9. The van der Waals surface area contributed by atoms with Crippen LogP contribution in [0.4, 0.5) is 10.5 Å². The minimum absolute atomic E-state index is 0.0863. The van der Waals surface area contributed by atoms with Crippen LogP contribution in [0.2, 0.25) is 0 Å². The van der Waals surface area contributed by atoms with Crippen molar-refractivity contribution < 1.29 is 9.59 Å². The lowest BCUT2D eigenvalue weighted by molar-refractivity contribution is 0.102. The summed E-state index contributed by atoms with van der Waals surface area (Å²) in [6.45, 7) is 4.26. The van der Waals surface area contributed by atoms with Crippen molar-refractivity contribution in [3.05, 3.63) is 59.9 Å². The van der Waals surface area contributed by atoms with Gasteiger partial charge >= 0.3 is 6.03 Å². The Hall–Kier alpha value is -2.97. The van der Waals surface area contributed by atoms with Gasteiger partial charge in [-0.25, -0.2) is 4.79 Å². The molecule has 0 radical (unpaired) electrons. The predicted molar refractivity (Wildman–Crippen MR) is 127 cm³/mol. The number of rotatable bonds is 8. The Balaban J connectivity index is 1.38. The van der Waals surface area contributed by atoms with Crippen molar-refractivity contribution in [3.63, 3.8) is 0 Å². The van der Waals surface area contributed by atoms with Gasteiger partial charge in [-0.05, 0) is 69.9 Å². The lowest BCUT2D eigenvalue weighted by Gasteiger charge is -2.35. The highest BCUT2D eigenvalue weighted by Gasteiger charge is 2.21. The Morgan fingerprint density at radius 3 is 2.34 bits per heavy atom. The number of nitrogens with zero attached hydrogens (tertiary/aromatic N) is 4. The lowest BCUT2D eigenvalue weighted by atomic mass is 10.0. The number of carbonyl (C=O) groups is 2. The van der Waals surface area contributed by atoms with E-state index in [0.29, 0.717) is 30.4 Å². The molecule has 1 aromatic carbocycles. The van der Waals surface area contributed by atoms with E-state index < -0.39 is 0 Å². The Bertz CT molecular complexity index is 866. The first-order chi connectivity index (χ1) is 15.4. The predicted octanol–water partition coefficient (Wildman–Crippen LogP) is 2.50. The maximum Gasteiger partial charge on any atom is 0.317 e. The fraction of sp³-hybridized carbons (Fsp3) is 0.458. The molecular formula is C24H34N6O2. The number of likely N-dealkylation sites (N-methyl/N-ethyl adjacent to an activating group) is 2. The highest BCUT2D eigenvalue weighted by atomic mass is 16.2. The summed E-state index contributed by atoms with van der Waals surface area (Å²) in [7, 11) is 6.15. The summed E-state index contributed by atoms with van der Waals surface area (Å²) in [6, 6.07) is 11.3. The fourth-order valence-electron chi connectivity index (χ4n) is 3.75. The van der Waals surface area contributed by atoms with E-state index in [0.717, 1.165) is 25.2 Å². The fourth-order valence-corrected chi connectivity index (χ4v) is 3.75. The first-order valence-electron chi connectivity index (χ1n) is 11.1. The number of carbonyl (C=O) groups excluding carboxylic acids is 2. The second-order valence-electron chi connectivity index (χ2n) is 8.48. The minimum atomic E-state index is -0.180. The van der Waals surface area contributed by atoms with Crippen LogP contribution in [-0.4, -0.2) is 85.0 Å². The topological polar surface area (TPSA) is 80.8 Å². The third-order valence-corrected chi connectivity index (χ3v) is 6.04. The number of nitrogens with one attached hydrogen (secondary N) is 2. The van der Waals surface area contributed by atoms with Gasteiger partial charge in [0.1, 0.15) is 0 Å². The number of urea groups is 1. The average Bonchev–Trinajstić information content (AvgIpc) is 2.82. The van der Waals surface area contributed by atoms with Gasteiger partial charge in [-0.3, -0.25) is 9.78 Å². The van der Waals surface area contributed by atoms with Crippen LogP contribution in [0, 0.1) is 0 Å². The molecule has 2 aromatic rings. The molecule has 0 aliphatic carbocycles. The van der Waals surface area contributed by atoms with E-state index in [9.17, 15) is 9.59 Å². The number of amides is 3. The summed E-state index contributed by atoms with van der Waals surface area (Å²) in [6.07, 6.45) is 5.54. The summed E-state index contributed by atoms with van der Waals surface area (Å²) in [4.78, 5) is 35.0. The summed E-state index contributed by atoms with van der Waals surface area (Å²) in [5.74, 6) is -0.180. The van der Waals surface area contributed by atoms with E-state index in [4.69, 9.17) is 0 Å². The number of pyridine rings is 1. The van der Waals surface area contributed by atoms with Crippen molar-refractivity contribution in [2.75, 3.05) is 52.6 Å². The van der Waals surface area contributed by atoms with Crippen LogP contribution in [0.15, 0.2) is 48.8 Å². The van der Waals surface area contributed by atoms with Gasteiger partial charge in [-0.1, -0.05) is 12.1 Å². The monoisotopic (exact) mass is 438 g/mol. The molecule has 1 aliphatic rings. The number of hydrogen-bond acceptors (Lipinski definition) is 5. The van der Waals surface area contributed by atoms with E-state index in [-0.39, 0.29) is 11.9 Å². The number of likely N-dealkylation sites (tertiary alicyclic amines) is 1. The molecular weight excluding hydrogens is 404 g/mol. The molecule has 3 rings (SSSR count). The van der Waals surface area contributed by atoms with Gasteiger partial charge in [0.05, 0.1) is 0 Å². The van der Waals surface area contributed by atoms with Gasteiger partial charge in [-0.15, -0.1) is 0 Å². The summed E-state index contributed by atoms with van der Waals surface area (Å²) in [5, 5.41) is 5.82. The van der Waals surface area contributed by atoms with Gasteiger partial charge in [0, 0.05) is 56.4 Å². The van der Waals surface area contributed by atoms with Crippen LogP contribution in [0.25, 0.3) is 0 Å². The third-order valence-electron chi connectivity index (χ3n) is 6.04. The number of hydrogen-bond donors (Lipinski definition) is 2. The van der Waals surface area contributed by atoms with E-state index in [1.165, 1.54) is 12.8 Å². The third kappa shape index (κ3) is 7.03. The van der Waals surface area contributed by atoms with Crippen LogP contribution in [0.5, 0.6) is 0 Å². The molecule has 2 heterocycles. The molecule has 1 aliphatic heterocycles. The molecule has 172 valence electrons. The average molecular weight is 439 g/mol. The van der Waals surface area contributed by atoms with Crippen molar-refractivity contribution in [2.45, 2.75) is 25.4 Å². The number of aromatic nitrogens is 1. The molecule has 32 heavy (non-hydrogen) atoms. The Morgan fingerprint density at radius 2 is 1.69 bits per heavy atom. The second-order valence-corrected chi connectivity index (χ2v) is 8.48. The maximum atomic E-state index is 12.4. The molecule has 0 bridgehead atoms. The zero-order valence-corrected chi connectivity index (χ0v) is 19.3. The molecule has 8 heteroatoms. The first kappa shape index (κ1) is 23.7. The van der Waals surface area contributed by atoms with E-state index in [1.54, 1.807) is 29.4 Å². The maximum absolute atomic E-state index is 12.4. The summed E-state index contributed by atoms with van der Waals surface area (Å²) >= 11 is 0. The molecule has 8 nitrogen and oxygen atoms in total. The van der Waals surface area contributed by atoms with E-state index >= 15 is 0 Å². The smallest absolute Gasteiger partial charge is 0.317 e. The quantitative estimate of drug-likeness (QED) is 0.662. The number of benzene rings is 1. The van der Waals surface area contributed by atoms with Crippen molar-refractivity contribution in [3.8, 4) is 0 Å². The minimum Gasteiger partial charge on any atom is -0.334 e. The van der Waals surface area contributed by atoms with Crippen LogP contribution < -0.4 is 10.6 Å². The number of piperidine rings is 1. The SMILES string of the molecule is CN1CCC(N(C)CCN(C)C(=O)NCc2ccc(NC(=O)c3ccncc3)cc2)CC1. The molecule has 0 saturated carbocycles. The van der Waals surface area contributed by atoms with E-state index in [2.05, 4.69) is 39.5 Å². The van der Waals surface area contributed by atoms with Crippen molar-refractivity contribution in [2.24, 2.45) is 0 Å². The van der Waals surface area contributed by atoms with Crippen molar-refractivity contribution in [1.82, 2.24) is 25.0 Å². The molecule has 2 N–H and O–H groups in total. The highest BCUT2D eigenvalue weighted by Crippen LogP contribution is 2.14. The molecule has 1 fully saturated rings. The van der Waals surface area contributed by atoms with Crippen LogP contribution in [0.3, 0.4) is 0 Å². The molecule has 0 spiro atoms. The number of anilines is 1. The Kier molecular flexibility index (Phi) is 8.58. The molecule has 1 saturated heterocycles. The highest BCUT2D eigenvalue weighted by molar-refractivity contribution is 6.04. The largest absolute Gasteiger partial charge is 0.334 e. The van der Waals surface area contributed by atoms with Gasteiger partial charge in [0.2, 0.25) is 0 Å². The molecule has 0 unspecified atom stereocenters. The Labute approximate surface area is 190 Å². The van der Waals surface area contributed by atoms with Gasteiger partial charge in [0.25, 0.3) is 5.91 Å². The summed E-state index contributed by atoms with van der Waals surface area (Å²) < 4.78 is 0. The second kappa shape index (κ2) is 11.6. The lowest BCUT2D eigenvalue weighted by Crippen LogP contribution is -2.46. The van der Waals surface area contributed by atoms with Crippen LogP contribution in [-0.2, 0) is 6.54 Å². The zero-order valence-electron chi connectivity index (χ0n) is 19.3. The van der Waals surface area contributed by atoms with Crippen LogP contribution >= 0.6 is 0 Å². The van der Waals surface area contributed by atoms with Gasteiger partial charge < -0.3 is 25.3 Å². The van der Waals surface area contributed by atoms with Gasteiger partial charge in [-0.2, -0.15) is 0 Å². The normalized spacial score (nSPS) is 14.9. The Morgan fingerprint density at radius 1 is 1.03 bits per heavy atom. The van der Waals surface area contributed by atoms with Crippen LogP contribution in [0.1, 0.15) is 28.8 Å². The van der Waals surface area contributed by atoms with E-state index in [1.807, 2.05) is 31.3 Å².